The molecule has 1 aliphatic heterocycles. The first-order chi connectivity index (χ1) is 9.02. The van der Waals surface area contributed by atoms with Crippen molar-refractivity contribution in [2.75, 3.05) is 13.2 Å². The van der Waals surface area contributed by atoms with E-state index in [0.29, 0.717) is 23.8 Å². The van der Waals surface area contributed by atoms with Crippen molar-refractivity contribution >= 4 is 28.4 Å². The number of ether oxygens (including phenoxy) is 1. The summed E-state index contributed by atoms with van der Waals surface area (Å²) < 4.78 is 10.9. The third-order valence-electron chi connectivity index (χ3n) is 3.76. The fourth-order valence-corrected chi connectivity index (χ4v) is 2.56. The zero-order chi connectivity index (χ0) is 13.6. The van der Waals surface area contributed by atoms with Gasteiger partial charge in [-0.2, -0.15) is 0 Å². The van der Waals surface area contributed by atoms with Crippen molar-refractivity contribution in [1.82, 2.24) is 0 Å². The Balaban J connectivity index is 2.05. The van der Waals surface area contributed by atoms with Crippen LogP contribution in [0.2, 0.25) is 5.02 Å². The van der Waals surface area contributed by atoms with Gasteiger partial charge < -0.3 is 14.9 Å². The zero-order valence-corrected chi connectivity index (χ0v) is 11.2. The largest absolute Gasteiger partial charge is 0.451 e. The number of fused-ring (bicyclic) bond motifs is 1. The molecule has 1 aliphatic rings. The molecule has 0 saturated carbocycles. The van der Waals surface area contributed by atoms with Crippen LogP contribution in [0.25, 0.3) is 11.0 Å². The van der Waals surface area contributed by atoms with E-state index < -0.39 is 5.41 Å². The van der Waals surface area contributed by atoms with Crippen molar-refractivity contribution in [3.63, 3.8) is 0 Å². The molecule has 1 fully saturated rings. The fraction of sp³-hybridized carbons (Fsp3) is 0.357. The summed E-state index contributed by atoms with van der Waals surface area (Å²) in [6, 6.07) is 6.80. The SMILES string of the molecule is CC1(C(=O)c2cc3cccc(Cl)c3o2)COCC1N. The first-order valence-electron chi connectivity index (χ1n) is 6.08. The number of benzene rings is 1. The molecule has 2 unspecified atom stereocenters. The monoisotopic (exact) mass is 279 g/mol. The lowest BCUT2D eigenvalue weighted by atomic mass is 9.80. The van der Waals surface area contributed by atoms with Gasteiger partial charge in [0.25, 0.3) is 0 Å². The Hall–Kier alpha value is -1.36. The number of furan rings is 1. The number of hydrogen-bond donors (Lipinski definition) is 1. The molecule has 0 spiro atoms. The van der Waals surface area contributed by atoms with Gasteiger partial charge >= 0.3 is 0 Å². The Labute approximate surface area is 115 Å². The van der Waals surface area contributed by atoms with Crippen LogP contribution >= 0.6 is 11.6 Å². The molecule has 2 heterocycles. The lowest BCUT2D eigenvalue weighted by molar-refractivity contribution is 0.0740. The molecular weight excluding hydrogens is 266 g/mol. The minimum Gasteiger partial charge on any atom is -0.451 e. The van der Waals surface area contributed by atoms with Gasteiger partial charge in [-0.3, -0.25) is 4.79 Å². The molecule has 1 aromatic heterocycles. The molecule has 0 bridgehead atoms. The second-order valence-corrected chi connectivity index (χ2v) is 5.54. The number of ketones is 1. The van der Waals surface area contributed by atoms with Crippen LogP contribution in [0.5, 0.6) is 0 Å². The van der Waals surface area contributed by atoms with Crippen LogP contribution in [-0.2, 0) is 4.74 Å². The average molecular weight is 280 g/mol. The number of nitrogens with two attached hydrogens (primary N) is 1. The molecule has 100 valence electrons. The molecule has 1 aromatic carbocycles. The first-order valence-corrected chi connectivity index (χ1v) is 6.46. The quantitative estimate of drug-likeness (QED) is 0.858. The highest BCUT2D eigenvalue weighted by molar-refractivity contribution is 6.34. The number of Topliss-reactive ketones (excluding diaryl/α,β-unsaturated/α-hetero) is 1. The predicted octanol–water partition coefficient (Wildman–Crippen LogP) is 2.63. The second kappa shape index (κ2) is 4.34. The average Bonchev–Trinajstić information content (AvgIpc) is 2.95. The summed E-state index contributed by atoms with van der Waals surface area (Å²) in [5, 5.41) is 1.31. The molecule has 0 radical (unpaired) electrons. The lowest BCUT2D eigenvalue weighted by Crippen LogP contribution is -2.44. The van der Waals surface area contributed by atoms with E-state index in [1.54, 1.807) is 12.1 Å². The minimum atomic E-state index is -0.736. The van der Waals surface area contributed by atoms with Crippen LogP contribution in [-0.4, -0.2) is 25.0 Å². The van der Waals surface area contributed by atoms with Gasteiger partial charge in [-0.15, -0.1) is 0 Å². The number of carbonyl (C=O) groups excluding carboxylic acids is 1. The summed E-state index contributed by atoms with van der Waals surface area (Å²) in [4.78, 5) is 12.6. The maximum absolute atomic E-state index is 12.6. The fourth-order valence-electron chi connectivity index (χ4n) is 2.34. The number of halogens is 1. The summed E-state index contributed by atoms with van der Waals surface area (Å²) in [7, 11) is 0. The van der Waals surface area contributed by atoms with E-state index in [0.717, 1.165) is 5.39 Å². The van der Waals surface area contributed by atoms with Crippen LogP contribution in [0.3, 0.4) is 0 Å². The van der Waals surface area contributed by atoms with Crippen molar-refractivity contribution in [2.24, 2.45) is 11.1 Å². The molecule has 2 N–H and O–H groups in total. The topological polar surface area (TPSA) is 65.5 Å². The summed E-state index contributed by atoms with van der Waals surface area (Å²) in [5.41, 5.74) is 5.76. The Kier molecular flexibility index (Phi) is 2.89. The van der Waals surface area contributed by atoms with Crippen LogP contribution in [0.4, 0.5) is 0 Å². The van der Waals surface area contributed by atoms with Gasteiger partial charge in [0.15, 0.2) is 11.3 Å². The Morgan fingerprint density at radius 2 is 2.32 bits per heavy atom. The predicted molar refractivity (Wildman–Crippen MR) is 72.5 cm³/mol. The van der Waals surface area contributed by atoms with E-state index >= 15 is 0 Å². The minimum absolute atomic E-state index is 0.134. The Morgan fingerprint density at radius 3 is 2.95 bits per heavy atom. The van der Waals surface area contributed by atoms with E-state index in [-0.39, 0.29) is 17.6 Å². The van der Waals surface area contributed by atoms with Crippen molar-refractivity contribution in [2.45, 2.75) is 13.0 Å². The highest BCUT2D eigenvalue weighted by Gasteiger charge is 2.45. The van der Waals surface area contributed by atoms with Crippen LogP contribution in [0.1, 0.15) is 17.5 Å². The molecular formula is C14H14ClNO3. The normalized spacial score (nSPS) is 27.0. The van der Waals surface area contributed by atoms with Gasteiger partial charge in [0, 0.05) is 11.4 Å². The smallest absolute Gasteiger partial charge is 0.207 e. The second-order valence-electron chi connectivity index (χ2n) is 5.14. The molecule has 3 rings (SSSR count). The maximum Gasteiger partial charge on any atom is 0.207 e. The summed E-state index contributed by atoms with van der Waals surface area (Å²) >= 11 is 6.04. The molecule has 2 atom stereocenters. The number of rotatable bonds is 2. The number of para-hydroxylation sites is 1. The van der Waals surface area contributed by atoms with Crippen LogP contribution in [0.15, 0.2) is 28.7 Å². The van der Waals surface area contributed by atoms with Crippen LogP contribution < -0.4 is 5.73 Å². The summed E-state index contributed by atoms with van der Waals surface area (Å²) in [6.45, 7) is 2.52. The molecule has 2 aromatic rings. The van der Waals surface area contributed by atoms with E-state index in [1.807, 2.05) is 19.1 Å². The summed E-state index contributed by atoms with van der Waals surface area (Å²) in [6.07, 6.45) is 0. The van der Waals surface area contributed by atoms with Crippen molar-refractivity contribution in [3.05, 3.63) is 35.0 Å². The van der Waals surface area contributed by atoms with Gasteiger partial charge in [-0.05, 0) is 19.1 Å². The van der Waals surface area contributed by atoms with Crippen molar-refractivity contribution in [1.29, 1.82) is 0 Å². The van der Waals surface area contributed by atoms with Crippen molar-refractivity contribution in [3.8, 4) is 0 Å². The van der Waals surface area contributed by atoms with Gasteiger partial charge in [0.1, 0.15) is 0 Å². The molecule has 19 heavy (non-hydrogen) atoms. The summed E-state index contributed by atoms with van der Waals surface area (Å²) in [5.74, 6) is 0.149. The van der Waals surface area contributed by atoms with E-state index in [2.05, 4.69) is 0 Å². The number of hydrogen-bond acceptors (Lipinski definition) is 4. The standard InChI is InChI=1S/C14H14ClNO3/c1-14(7-18-6-11(14)16)13(17)10-5-8-3-2-4-9(15)12(8)19-10/h2-5,11H,6-7,16H2,1H3. The van der Waals surface area contributed by atoms with Crippen LogP contribution in [0, 0.1) is 5.41 Å². The maximum atomic E-state index is 12.6. The molecule has 0 amide bonds. The zero-order valence-electron chi connectivity index (χ0n) is 10.5. The Morgan fingerprint density at radius 1 is 1.53 bits per heavy atom. The van der Waals surface area contributed by atoms with Gasteiger partial charge in [-0.25, -0.2) is 0 Å². The highest BCUT2D eigenvalue weighted by Crippen LogP contribution is 2.34. The molecule has 1 saturated heterocycles. The van der Waals surface area contributed by atoms with E-state index in [1.165, 1.54) is 0 Å². The third kappa shape index (κ3) is 1.87. The van der Waals surface area contributed by atoms with Gasteiger partial charge in [0.05, 0.1) is 23.7 Å². The van der Waals surface area contributed by atoms with E-state index in [9.17, 15) is 4.79 Å². The first kappa shape index (κ1) is 12.7. The van der Waals surface area contributed by atoms with Gasteiger partial charge in [-0.1, -0.05) is 23.7 Å². The molecule has 0 aliphatic carbocycles. The molecule has 5 heteroatoms. The van der Waals surface area contributed by atoms with E-state index in [4.69, 9.17) is 26.5 Å². The highest BCUT2D eigenvalue weighted by atomic mass is 35.5. The number of carbonyl (C=O) groups is 1. The molecule has 4 nitrogen and oxygen atoms in total. The third-order valence-corrected chi connectivity index (χ3v) is 4.05. The van der Waals surface area contributed by atoms with Gasteiger partial charge in [0.2, 0.25) is 5.78 Å². The Bertz CT molecular complexity index is 651. The van der Waals surface area contributed by atoms with Crippen molar-refractivity contribution < 1.29 is 13.9 Å². The lowest BCUT2D eigenvalue weighted by Gasteiger charge is -2.23.